The maximum Gasteiger partial charge on any atom is 0.270 e. The van der Waals surface area contributed by atoms with E-state index in [-0.39, 0.29) is 11.5 Å². The summed E-state index contributed by atoms with van der Waals surface area (Å²) < 4.78 is 0. The van der Waals surface area contributed by atoms with E-state index in [0.29, 0.717) is 6.41 Å². The molecular weight excluding hydrogens is 160 g/mol. The van der Waals surface area contributed by atoms with Gasteiger partial charge in [0.2, 0.25) is 6.41 Å². The van der Waals surface area contributed by atoms with Gasteiger partial charge < -0.3 is 21.7 Å². The number of carbonyl (C=O) groups is 2. The maximum absolute atomic E-state index is 10.9. The number of likely N-dealkylation sites (N-methyl/N-ethyl adjacent to an activating group) is 1. The van der Waals surface area contributed by atoms with E-state index in [2.05, 4.69) is 5.32 Å². The summed E-state index contributed by atoms with van der Waals surface area (Å²) in [6, 6.07) is 0. The van der Waals surface area contributed by atoms with Crippen LogP contribution in [0.2, 0.25) is 0 Å². The first-order valence-electron chi connectivity index (χ1n) is 3.20. The Labute approximate surface area is 70.2 Å². The SMILES string of the molecule is CNC(=O)/C(N)=C(/N)N(C)C=O. The summed E-state index contributed by atoms with van der Waals surface area (Å²) in [6.45, 7) is 0. The second-order valence-electron chi connectivity index (χ2n) is 2.09. The quantitative estimate of drug-likeness (QED) is 0.335. The summed E-state index contributed by atoms with van der Waals surface area (Å²) in [7, 11) is 2.82. The first-order chi connectivity index (χ1) is 5.54. The predicted octanol–water partition coefficient (Wildman–Crippen LogP) is -2.09. The van der Waals surface area contributed by atoms with Crippen LogP contribution in [0.15, 0.2) is 11.5 Å². The van der Waals surface area contributed by atoms with Crippen LogP contribution in [0.25, 0.3) is 0 Å². The molecule has 6 heteroatoms. The van der Waals surface area contributed by atoms with Crippen molar-refractivity contribution in [1.29, 1.82) is 0 Å². The molecule has 0 bridgehead atoms. The van der Waals surface area contributed by atoms with E-state index < -0.39 is 5.91 Å². The summed E-state index contributed by atoms with van der Waals surface area (Å²) in [5.41, 5.74) is 10.5. The molecule has 0 aromatic heterocycles. The third kappa shape index (κ3) is 2.15. The Morgan fingerprint density at radius 2 is 2.00 bits per heavy atom. The Morgan fingerprint density at radius 3 is 2.33 bits per heavy atom. The lowest BCUT2D eigenvalue weighted by molar-refractivity contribution is -0.117. The average molecular weight is 172 g/mol. The van der Waals surface area contributed by atoms with Crippen LogP contribution in [0.1, 0.15) is 0 Å². The number of hydrogen-bond donors (Lipinski definition) is 3. The summed E-state index contributed by atoms with van der Waals surface area (Å²) in [5.74, 6) is -0.578. The van der Waals surface area contributed by atoms with Gasteiger partial charge in [-0.2, -0.15) is 0 Å². The summed E-state index contributed by atoms with van der Waals surface area (Å²) in [5, 5.41) is 2.28. The van der Waals surface area contributed by atoms with Crippen molar-refractivity contribution in [2.24, 2.45) is 11.5 Å². The zero-order chi connectivity index (χ0) is 9.72. The summed E-state index contributed by atoms with van der Waals surface area (Å²) in [6.07, 6.45) is 0.463. The number of nitrogens with two attached hydrogens (primary N) is 2. The molecule has 0 radical (unpaired) electrons. The van der Waals surface area contributed by atoms with Gasteiger partial charge in [0.25, 0.3) is 5.91 Å². The maximum atomic E-state index is 10.9. The highest BCUT2D eigenvalue weighted by Gasteiger charge is 2.10. The van der Waals surface area contributed by atoms with Crippen molar-refractivity contribution in [3.05, 3.63) is 11.5 Å². The van der Waals surface area contributed by atoms with Gasteiger partial charge in [-0.3, -0.25) is 9.59 Å². The second kappa shape index (κ2) is 4.22. The highest BCUT2D eigenvalue weighted by molar-refractivity contribution is 5.93. The molecule has 5 N–H and O–H groups in total. The third-order valence-corrected chi connectivity index (χ3v) is 1.29. The summed E-state index contributed by atoms with van der Waals surface area (Å²) in [4.78, 5) is 22.1. The Morgan fingerprint density at radius 1 is 1.50 bits per heavy atom. The highest BCUT2D eigenvalue weighted by Crippen LogP contribution is 1.93. The van der Waals surface area contributed by atoms with E-state index in [9.17, 15) is 9.59 Å². The number of nitrogens with one attached hydrogen (secondary N) is 1. The van der Waals surface area contributed by atoms with E-state index in [1.807, 2.05) is 0 Å². The zero-order valence-electron chi connectivity index (χ0n) is 7.00. The molecule has 0 atom stereocenters. The molecule has 68 valence electrons. The molecule has 0 heterocycles. The van der Waals surface area contributed by atoms with Crippen LogP contribution in [-0.4, -0.2) is 31.3 Å². The molecule has 12 heavy (non-hydrogen) atoms. The first kappa shape index (κ1) is 10.3. The van der Waals surface area contributed by atoms with E-state index in [4.69, 9.17) is 11.5 Å². The van der Waals surface area contributed by atoms with Gasteiger partial charge in [0.15, 0.2) is 0 Å². The Kier molecular flexibility index (Phi) is 3.61. The van der Waals surface area contributed by atoms with Crippen molar-refractivity contribution < 1.29 is 9.59 Å². The van der Waals surface area contributed by atoms with E-state index in [1.165, 1.54) is 14.1 Å². The minimum Gasteiger partial charge on any atom is -0.391 e. The smallest absolute Gasteiger partial charge is 0.270 e. The molecule has 0 unspecified atom stereocenters. The zero-order valence-corrected chi connectivity index (χ0v) is 7.00. The normalized spacial score (nSPS) is 11.5. The van der Waals surface area contributed by atoms with Crippen molar-refractivity contribution in [3.63, 3.8) is 0 Å². The van der Waals surface area contributed by atoms with E-state index in [0.717, 1.165) is 4.90 Å². The fourth-order valence-electron chi connectivity index (χ4n) is 0.498. The van der Waals surface area contributed by atoms with Crippen LogP contribution in [0.3, 0.4) is 0 Å². The number of nitrogens with zero attached hydrogens (tertiary/aromatic N) is 1. The van der Waals surface area contributed by atoms with Crippen LogP contribution in [0.5, 0.6) is 0 Å². The van der Waals surface area contributed by atoms with E-state index in [1.54, 1.807) is 0 Å². The molecule has 0 aliphatic carbocycles. The predicted molar refractivity (Wildman–Crippen MR) is 43.3 cm³/mol. The lowest BCUT2D eigenvalue weighted by Crippen LogP contribution is -2.33. The second-order valence-corrected chi connectivity index (χ2v) is 2.09. The van der Waals surface area contributed by atoms with Gasteiger partial charge in [0.05, 0.1) is 0 Å². The fourth-order valence-corrected chi connectivity index (χ4v) is 0.498. The van der Waals surface area contributed by atoms with Gasteiger partial charge in [-0.25, -0.2) is 0 Å². The molecule has 0 aliphatic heterocycles. The van der Waals surface area contributed by atoms with Crippen molar-refractivity contribution in [1.82, 2.24) is 10.2 Å². The van der Waals surface area contributed by atoms with Crippen LogP contribution in [-0.2, 0) is 9.59 Å². The minimum atomic E-state index is -0.513. The minimum absolute atomic E-state index is 0.0654. The van der Waals surface area contributed by atoms with Crippen LogP contribution >= 0.6 is 0 Å². The van der Waals surface area contributed by atoms with Crippen LogP contribution < -0.4 is 16.8 Å². The number of hydrogen-bond acceptors (Lipinski definition) is 4. The van der Waals surface area contributed by atoms with Gasteiger partial charge in [-0.15, -0.1) is 0 Å². The Bertz CT molecular complexity index is 224. The average Bonchev–Trinajstić information content (AvgIpc) is 2.12. The molecule has 0 saturated carbocycles. The molecule has 0 rings (SSSR count). The Hall–Kier alpha value is -1.72. The highest BCUT2D eigenvalue weighted by atomic mass is 16.2. The monoisotopic (exact) mass is 172 g/mol. The molecule has 0 aromatic rings. The van der Waals surface area contributed by atoms with E-state index >= 15 is 0 Å². The summed E-state index contributed by atoms with van der Waals surface area (Å²) >= 11 is 0. The molecule has 6 nitrogen and oxygen atoms in total. The fraction of sp³-hybridized carbons (Fsp3) is 0.333. The number of carbonyl (C=O) groups excluding carboxylic acids is 2. The molecule has 0 fully saturated rings. The van der Waals surface area contributed by atoms with Crippen molar-refractivity contribution in [3.8, 4) is 0 Å². The van der Waals surface area contributed by atoms with Crippen LogP contribution in [0, 0.1) is 0 Å². The van der Waals surface area contributed by atoms with Gasteiger partial charge >= 0.3 is 0 Å². The standard InChI is InChI=1S/C6H12N4O2/c1-9-6(12)4(7)5(8)10(2)3-11/h3H,7-8H2,1-2H3,(H,9,12)/b5-4+. The number of rotatable bonds is 3. The van der Waals surface area contributed by atoms with Gasteiger partial charge in [-0.1, -0.05) is 0 Å². The van der Waals surface area contributed by atoms with Crippen LogP contribution in [0.4, 0.5) is 0 Å². The number of amides is 2. The van der Waals surface area contributed by atoms with Gasteiger partial charge in [-0.05, 0) is 0 Å². The Balaban J connectivity index is 4.67. The first-order valence-corrected chi connectivity index (χ1v) is 3.20. The molecule has 0 aliphatic rings. The lowest BCUT2D eigenvalue weighted by atomic mass is 10.4. The molecule has 0 spiro atoms. The third-order valence-electron chi connectivity index (χ3n) is 1.29. The molecule has 2 amide bonds. The van der Waals surface area contributed by atoms with Crippen molar-refractivity contribution >= 4 is 12.3 Å². The largest absolute Gasteiger partial charge is 0.391 e. The van der Waals surface area contributed by atoms with Gasteiger partial charge in [0.1, 0.15) is 11.5 Å². The van der Waals surface area contributed by atoms with Gasteiger partial charge in [0, 0.05) is 14.1 Å². The topological polar surface area (TPSA) is 101 Å². The van der Waals surface area contributed by atoms with Crippen molar-refractivity contribution in [2.75, 3.05) is 14.1 Å². The molecule has 0 aromatic carbocycles. The molecule has 0 saturated heterocycles. The molecular formula is C6H12N4O2. The van der Waals surface area contributed by atoms with Crippen molar-refractivity contribution in [2.45, 2.75) is 0 Å². The lowest BCUT2D eigenvalue weighted by Gasteiger charge is -2.12.